The lowest BCUT2D eigenvalue weighted by molar-refractivity contribution is 0.0696. The molecule has 8 aromatic carbocycles. The molecule has 0 spiro atoms. The van der Waals surface area contributed by atoms with Gasteiger partial charge < -0.3 is 43.4 Å². The van der Waals surface area contributed by atoms with Crippen LogP contribution in [0.4, 0.5) is 0 Å². The van der Waals surface area contributed by atoms with Crippen molar-refractivity contribution in [3.05, 3.63) is 244 Å². The maximum absolute atomic E-state index is 11.8. The first-order chi connectivity index (χ1) is 33.8. The van der Waals surface area contributed by atoms with E-state index >= 15 is 0 Å². The quantitative estimate of drug-likeness (QED) is 0.0599. The van der Waals surface area contributed by atoms with Crippen LogP contribution in [0, 0.1) is 0 Å². The minimum atomic E-state index is -1.26. The molecule has 0 bridgehead atoms. The van der Waals surface area contributed by atoms with Gasteiger partial charge in [0, 0.05) is 24.6 Å². The summed E-state index contributed by atoms with van der Waals surface area (Å²) in [6.45, 7) is 1.89. The Bertz CT molecular complexity index is 2610. The molecular weight excluding hydrogens is 873 g/mol. The Morgan fingerprint density at radius 1 is 0.290 bits per heavy atom. The smallest absolute Gasteiger partial charge is 0.335 e. The molecule has 0 fully saturated rings. The van der Waals surface area contributed by atoms with Crippen LogP contribution in [0.2, 0.25) is 0 Å². The number of carbonyl (C=O) groups is 2. The molecule has 0 heterocycles. The van der Waals surface area contributed by atoms with Crippen molar-refractivity contribution in [3.8, 4) is 40.2 Å². The monoisotopic (exact) mass is 922 g/mol. The number of benzene rings is 8. The zero-order valence-corrected chi connectivity index (χ0v) is 37.7. The van der Waals surface area contributed by atoms with Crippen LogP contribution >= 0.6 is 0 Å². The third-order valence-electron chi connectivity index (χ3n) is 10.7. The van der Waals surface area contributed by atoms with E-state index in [1.54, 1.807) is 0 Å². The third-order valence-corrected chi connectivity index (χ3v) is 10.7. The molecule has 0 unspecified atom stereocenters. The molecule has 0 radical (unpaired) electrons. The van der Waals surface area contributed by atoms with Crippen molar-refractivity contribution in [1.29, 1.82) is 0 Å². The number of carboxylic acid groups (broad SMARTS) is 2. The number of aromatic carboxylic acids is 2. The Morgan fingerprint density at radius 3 is 0.841 bits per heavy atom. The van der Waals surface area contributed by atoms with Crippen LogP contribution in [0.25, 0.3) is 0 Å². The molecule has 0 amide bonds. The summed E-state index contributed by atoms with van der Waals surface area (Å²) in [6.07, 6.45) is 0.341. The van der Waals surface area contributed by atoms with Gasteiger partial charge in [0.05, 0.1) is 17.7 Å². The van der Waals surface area contributed by atoms with Crippen molar-refractivity contribution in [2.45, 2.75) is 46.1 Å². The molecule has 69 heavy (non-hydrogen) atoms. The molecular formula is C58H50O11. The first-order valence-electron chi connectivity index (χ1n) is 22.4. The van der Waals surface area contributed by atoms with Gasteiger partial charge in [-0.3, -0.25) is 0 Å². The molecule has 0 aliphatic rings. The summed E-state index contributed by atoms with van der Waals surface area (Å²) in [7, 11) is 0. The molecule has 11 heteroatoms. The van der Waals surface area contributed by atoms with Gasteiger partial charge in [0.2, 0.25) is 0 Å². The fourth-order valence-electron chi connectivity index (χ4n) is 7.22. The highest BCUT2D eigenvalue weighted by Gasteiger charge is 2.14. The Kier molecular flexibility index (Phi) is 16.1. The van der Waals surface area contributed by atoms with E-state index in [1.165, 1.54) is 12.1 Å². The number of carboxylic acids is 2. The second kappa shape index (κ2) is 23.7. The summed E-state index contributed by atoms with van der Waals surface area (Å²) in [5, 5.41) is 19.2. The molecule has 8 aromatic rings. The van der Waals surface area contributed by atoms with Gasteiger partial charge >= 0.3 is 11.9 Å². The zero-order chi connectivity index (χ0) is 47.6. The van der Waals surface area contributed by atoms with E-state index in [4.69, 9.17) is 33.2 Å². The second-order valence-corrected chi connectivity index (χ2v) is 16.1. The first kappa shape index (κ1) is 46.8. The molecule has 0 saturated heterocycles. The van der Waals surface area contributed by atoms with Crippen LogP contribution in [0.15, 0.2) is 194 Å². The number of hydrogen-bond acceptors (Lipinski definition) is 9. The van der Waals surface area contributed by atoms with Gasteiger partial charge in [-0.15, -0.1) is 0 Å². The normalized spacial score (nSPS) is 10.7. The van der Waals surface area contributed by atoms with Gasteiger partial charge in [0.1, 0.15) is 79.9 Å². The maximum atomic E-state index is 11.8. The van der Waals surface area contributed by atoms with Crippen LogP contribution in [-0.2, 0) is 46.1 Å². The average molecular weight is 923 g/mol. The van der Waals surface area contributed by atoms with Crippen LogP contribution in [0.5, 0.6) is 40.2 Å². The lowest BCUT2D eigenvalue weighted by Gasteiger charge is -2.16. The highest BCUT2D eigenvalue weighted by molar-refractivity contribution is 5.94. The highest BCUT2D eigenvalue weighted by atomic mass is 16.5. The summed E-state index contributed by atoms with van der Waals surface area (Å²) in [6, 6.07) is 60.4. The van der Waals surface area contributed by atoms with Crippen LogP contribution in [0.3, 0.4) is 0 Å². The van der Waals surface area contributed by atoms with Crippen LogP contribution < -0.4 is 33.2 Å². The average Bonchev–Trinajstić information content (AvgIpc) is 3.38. The fraction of sp³-hybridized carbons (Fsp3) is 0.138. The molecule has 2 N–H and O–H groups in total. The van der Waals surface area contributed by atoms with E-state index in [9.17, 15) is 19.8 Å². The van der Waals surface area contributed by atoms with Crippen LogP contribution in [-0.4, -0.2) is 28.8 Å². The van der Waals surface area contributed by atoms with E-state index in [0.717, 1.165) is 45.0 Å². The minimum absolute atomic E-state index is 0.0941. The summed E-state index contributed by atoms with van der Waals surface area (Å²) in [4.78, 5) is 23.5. The summed E-state index contributed by atoms with van der Waals surface area (Å²) >= 11 is 0. The predicted octanol–water partition coefficient (Wildman–Crippen LogP) is 12.2. The van der Waals surface area contributed by atoms with Gasteiger partial charge in [0.25, 0.3) is 0 Å². The maximum Gasteiger partial charge on any atom is 0.335 e. The Hall–Kier alpha value is -8.70. The minimum Gasteiger partial charge on any atom is -0.493 e. The third kappa shape index (κ3) is 14.6. The van der Waals surface area contributed by atoms with Gasteiger partial charge in [-0.25, -0.2) is 9.59 Å². The summed E-state index contributed by atoms with van der Waals surface area (Å²) in [5.41, 5.74) is 6.12. The Morgan fingerprint density at radius 2 is 0.551 bits per heavy atom. The molecule has 0 atom stereocenters. The predicted molar refractivity (Wildman–Crippen MR) is 261 cm³/mol. The largest absolute Gasteiger partial charge is 0.493 e. The van der Waals surface area contributed by atoms with E-state index in [1.807, 2.05) is 176 Å². The van der Waals surface area contributed by atoms with Gasteiger partial charge in [-0.05, 0) is 93.5 Å². The van der Waals surface area contributed by atoms with Crippen molar-refractivity contribution in [1.82, 2.24) is 0 Å². The summed E-state index contributed by atoms with van der Waals surface area (Å²) in [5.74, 6) is 1.11. The molecule has 0 saturated carbocycles. The van der Waals surface area contributed by atoms with Gasteiger partial charge in [-0.2, -0.15) is 0 Å². The SMILES string of the molecule is O=C(O)c1cc(OCCc2cc(OCc3cc(OCc4ccccc4)cc(OCc4ccccc4)c3)cc(OCc3cc(OCc4ccccc4)cc(OCc4ccccc4)c3)c2)cc(C(=O)O)c1. The summed E-state index contributed by atoms with van der Waals surface area (Å²) < 4.78 is 43.9. The van der Waals surface area contributed by atoms with Crippen molar-refractivity contribution in [2.24, 2.45) is 0 Å². The molecule has 348 valence electrons. The number of hydrogen-bond donors (Lipinski definition) is 2. The standard InChI is InChI=1S/C58H50O11/c59-57(60)48-29-49(58(61)62)31-56(30-48)63-22-21-45-23-50(68-39-46-25-52(64-35-41-13-5-1-6-14-41)33-53(26-46)65-36-42-15-7-2-8-16-42)32-51(24-45)69-40-47-27-54(66-37-43-17-9-3-10-18-43)34-55(28-47)67-38-44-19-11-4-12-20-44/h1-20,23-34H,21-22,35-40H2,(H,59,60)(H,61,62). The molecule has 0 aliphatic carbocycles. The Labute approximate surface area is 400 Å². The van der Waals surface area contributed by atoms with Gasteiger partial charge in [-0.1, -0.05) is 121 Å². The van der Waals surface area contributed by atoms with E-state index in [-0.39, 0.29) is 36.7 Å². The molecule has 0 aliphatic heterocycles. The zero-order valence-electron chi connectivity index (χ0n) is 37.7. The van der Waals surface area contributed by atoms with Crippen molar-refractivity contribution < 1.29 is 53.0 Å². The van der Waals surface area contributed by atoms with Crippen molar-refractivity contribution >= 4 is 11.9 Å². The molecule has 11 nitrogen and oxygen atoms in total. The van der Waals surface area contributed by atoms with Crippen molar-refractivity contribution in [2.75, 3.05) is 6.61 Å². The lowest BCUT2D eigenvalue weighted by Crippen LogP contribution is -2.07. The lowest BCUT2D eigenvalue weighted by atomic mass is 10.1. The molecule has 0 aromatic heterocycles. The molecule has 8 rings (SSSR count). The Balaban J connectivity index is 1.03. The number of ether oxygens (including phenoxy) is 7. The second-order valence-electron chi connectivity index (χ2n) is 16.1. The van der Waals surface area contributed by atoms with Gasteiger partial charge in [0.15, 0.2) is 0 Å². The number of rotatable bonds is 24. The topological polar surface area (TPSA) is 139 Å². The first-order valence-corrected chi connectivity index (χ1v) is 22.4. The van der Waals surface area contributed by atoms with E-state index in [0.29, 0.717) is 67.3 Å². The van der Waals surface area contributed by atoms with E-state index < -0.39 is 11.9 Å². The van der Waals surface area contributed by atoms with E-state index in [2.05, 4.69) is 0 Å². The highest BCUT2D eigenvalue weighted by Crippen LogP contribution is 2.31. The fourth-order valence-corrected chi connectivity index (χ4v) is 7.22. The van der Waals surface area contributed by atoms with Crippen molar-refractivity contribution in [3.63, 3.8) is 0 Å². The van der Waals surface area contributed by atoms with Crippen LogP contribution in [0.1, 0.15) is 59.7 Å².